The van der Waals surface area contributed by atoms with Gasteiger partial charge < -0.3 is 9.80 Å². The van der Waals surface area contributed by atoms with E-state index in [-0.39, 0.29) is 57.7 Å². The van der Waals surface area contributed by atoms with Gasteiger partial charge in [0.25, 0.3) is 16.4 Å². The van der Waals surface area contributed by atoms with Crippen LogP contribution in [-0.2, 0) is 14.8 Å². The summed E-state index contributed by atoms with van der Waals surface area (Å²) in [4.78, 5) is 13.4. The smallest absolute Gasteiger partial charge is 0.367 e. The maximum atomic E-state index is 14.1. The summed E-state index contributed by atoms with van der Waals surface area (Å²) in [6, 6.07) is 7.85. The molecule has 1 saturated heterocycles. The van der Waals surface area contributed by atoms with Gasteiger partial charge in [-0.15, -0.1) is 0 Å². The second kappa shape index (κ2) is 9.14. The Bertz CT molecular complexity index is 1400. The molecule has 0 bridgehead atoms. The monoisotopic (exact) mass is 555 g/mol. The third-order valence-electron chi connectivity index (χ3n) is 5.58. The normalized spacial score (nSPS) is 15.3. The van der Waals surface area contributed by atoms with Crippen LogP contribution in [0.15, 0.2) is 47.5 Å². The fourth-order valence-electron chi connectivity index (χ4n) is 3.99. The fraction of sp³-hybridized carbons (Fsp3) is 0.286. The van der Waals surface area contributed by atoms with Crippen molar-refractivity contribution in [1.29, 1.82) is 0 Å². The van der Waals surface area contributed by atoms with E-state index in [4.69, 9.17) is 23.2 Å². The van der Waals surface area contributed by atoms with Crippen LogP contribution >= 0.6 is 23.2 Å². The summed E-state index contributed by atoms with van der Waals surface area (Å²) in [5, 5.41) is 0.0509. The number of alkyl halides is 5. The van der Waals surface area contributed by atoms with Crippen molar-refractivity contribution in [2.45, 2.75) is 17.5 Å². The Morgan fingerprint density at radius 3 is 2.20 bits per heavy atom. The molecule has 3 aromatic rings. The van der Waals surface area contributed by atoms with E-state index in [1.165, 1.54) is 41.3 Å². The molecule has 0 unspecified atom stereocenters. The van der Waals surface area contributed by atoms with Crippen LogP contribution in [0, 0.1) is 0 Å². The Kier molecular flexibility index (Phi) is 6.66. The molecule has 1 aliphatic rings. The Labute approximate surface area is 206 Å². The lowest BCUT2D eigenvalue weighted by Gasteiger charge is -2.36. The largest absolute Gasteiger partial charge is 0.471 e. The quantitative estimate of drug-likeness (QED) is 0.408. The molecule has 1 aromatic heterocycles. The molecule has 0 radical (unpaired) electrons. The van der Waals surface area contributed by atoms with Crippen LogP contribution in [0.2, 0.25) is 10.0 Å². The van der Waals surface area contributed by atoms with Gasteiger partial charge in [-0.3, -0.25) is 4.79 Å². The number of carbonyl (C=O) groups is 1. The van der Waals surface area contributed by atoms with E-state index in [1.807, 2.05) is 0 Å². The van der Waals surface area contributed by atoms with E-state index in [0.29, 0.717) is 8.87 Å². The van der Waals surface area contributed by atoms with E-state index in [9.17, 15) is 35.2 Å². The van der Waals surface area contributed by atoms with E-state index >= 15 is 0 Å². The third kappa shape index (κ3) is 4.78. The van der Waals surface area contributed by atoms with Gasteiger partial charge in [-0.25, -0.2) is 21.2 Å². The zero-order chi connectivity index (χ0) is 25.7. The van der Waals surface area contributed by atoms with Crippen LogP contribution in [0.5, 0.6) is 0 Å². The van der Waals surface area contributed by atoms with E-state index in [1.54, 1.807) is 0 Å². The first-order valence-corrected chi connectivity index (χ1v) is 12.2. The Morgan fingerprint density at radius 2 is 1.63 bits per heavy atom. The van der Waals surface area contributed by atoms with Gasteiger partial charge in [0.2, 0.25) is 0 Å². The summed E-state index contributed by atoms with van der Waals surface area (Å²) < 4.78 is 93.7. The van der Waals surface area contributed by atoms with E-state index in [0.717, 1.165) is 6.20 Å². The van der Waals surface area contributed by atoms with Crippen molar-refractivity contribution < 1.29 is 35.2 Å². The van der Waals surface area contributed by atoms with Crippen molar-refractivity contribution in [2.75, 3.05) is 31.1 Å². The molecule has 1 amide bonds. The number of halogens is 7. The summed E-state index contributed by atoms with van der Waals surface area (Å²) in [7, 11) is -4.36. The Morgan fingerprint density at radius 1 is 0.971 bits per heavy atom. The first-order chi connectivity index (χ1) is 16.3. The number of hydrogen-bond acceptors (Lipinski definition) is 4. The second-order valence-corrected chi connectivity index (χ2v) is 10.4. The first kappa shape index (κ1) is 25.5. The number of anilines is 1. The molecule has 1 fully saturated rings. The van der Waals surface area contributed by atoms with Crippen LogP contribution in [0.3, 0.4) is 0 Å². The molecular weight excluding hydrogens is 540 g/mol. The summed E-state index contributed by atoms with van der Waals surface area (Å²) in [6.07, 6.45) is -7.30. The topological polar surface area (TPSA) is 62.6 Å². The lowest BCUT2D eigenvalue weighted by atomic mass is 10.1. The first-order valence-electron chi connectivity index (χ1n) is 10.1. The van der Waals surface area contributed by atoms with Crippen molar-refractivity contribution in [3.8, 4) is 0 Å². The Balaban J connectivity index is 1.81. The van der Waals surface area contributed by atoms with Crippen LogP contribution in [-0.4, -0.2) is 55.6 Å². The number of piperazine rings is 1. The summed E-state index contributed by atoms with van der Waals surface area (Å²) in [5.74, 6) is -1.99. The van der Waals surface area contributed by atoms with Crippen molar-refractivity contribution in [1.82, 2.24) is 8.87 Å². The van der Waals surface area contributed by atoms with E-state index < -0.39 is 34.1 Å². The maximum absolute atomic E-state index is 14.1. The zero-order valence-electron chi connectivity index (χ0n) is 17.6. The van der Waals surface area contributed by atoms with Gasteiger partial charge in [0.1, 0.15) is 0 Å². The minimum atomic E-state index is -5.03. The molecule has 35 heavy (non-hydrogen) atoms. The average Bonchev–Trinajstić information content (AvgIpc) is 3.18. The molecule has 14 heteroatoms. The summed E-state index contributed by atoms with van der Waals surface area (Å²) in [5.41, 5.74) is -0.593. The summed E-state index contributed by atoms with van der Waals surface area (Å²) in [6.45, 7) is -0.825. The van der Waals surface area contributed by atoms with Gasteiger partial charge in [0.15, 0.2) is 0 Å². The number of fused-ring (bicyclic) bond motifs is 1. The fourth-order valence-corrected chi connectivity index (χ4v) is 5.86. The molecule has 0 spiro atoms. The number of benzene rings is 2. The number of hydrogen-bond donors (Lipinski definition) is 0. The van der Waals surface area contributed by atoms with Gasteiger partial charge in [-0.1, -0.05) is 29.3 Å². The minimum absolute atomic E-state index is 0.0303. The lowest BCUT2D eigenvalue weighted by molar-refractivity contribution is -0.185. The van der Waals surface area contributed by atoms with Gasteiger partial charge >= 0.3 is 12.1 Å². The molecule has 4 rings (SSSR count). The molecular formula is C21H16Cl2F5N3O3S. The SMILES string of the molecule is O=C(N1CCN(c2cc(Cl)cc3c2c(C(F)F)cn3S(=O)(=O)c2cccc(Cl)c2)CC1)C(F)(F)F. The molecule has 2 aromatic carbocycles. The highest BCUT2D eigenvalue weighted by atomic mass is 35.5. The number of nitrogens with zero attached hydrogens (tertiary/aromatic N) is 3. The number of rotatable bonds is 4. The van der Waals surface area contributed by atoms with Gasteiger partial charge in [0, 0.05) is 59.1 Å². The van der Waals surface area contributed by atoms with Crippen LogP contribution in [0.1, 0.15) is 12.0 Å². The van der Waals surface area contributed by atoms with Gasteiger partial charge in [0.05, 0.1) is 10.4 Å². The van der Waals surface area contributed by atoms with E-state index in [2.05, 4.69) is 0 Å². The molecule has 0 saturated carbocycles. The lowest BCUT2D eigenvalue weighted by Crippen LogP contribution is -2.52. The minimum Gasteiger partial charge on any atom is -0.367 e. The van der Waals surface area contributed by atoms with Crippen molar-refractivity contribution in [3.05, 3.63) is 58.2 Å². The van der Waals surface area contributed by atoms with Crippen LogP contribution in [0.25, 0.3) is 10.9 Å². The maximum Gasteiger partial charge on any atom is 0.471 e. The molecule has 2 heterocycles. The molecule has 188 valence electrons. The van der Waals surface area contributed by atoms with Crippen LogP contribution < -0.4 is 4.90 Å². The number of carbonyl (C=O) groups excluding carboxylic acids is 1. The standard InChI is InChI=1S/C21H16Cl2F5N3O3S/c22-12-2-1-3-14(8-12)35(33,34)31-11-15(19(24)25)18-16(9-13(23)10-17(18)31)29-4-6-30(7-5-29)20(32)21(26,27)28/h1-3,8-11,19H,4-7H2. The molecule has 6 nitrogen and oxygen atoms in total. The van der Waals surface area contributed by atoms with Crippen molar-refractivity contribution in [2.24, 2.45) is 0 Å². The molecule has 0 aliphatic carbocycles. The van der Waals surface area contributed by atoms with Gasteiger partial charge in [-0.2, -0.15) is 13.2 Å². The second-order valence-electron chi connectivity index (χ2n) is 7.74. The highest BCUT2D eigenvalue weighted by Gasteiger charge is 2.43. The zero-order valence-corrected chi connectivity index (χ0v) is 19.9. The van der Waals surface area contributed by atoms with Crippen molar-refractivity contribution in [3.63, 3.8) is 0 Å². The number of amides is 1. The number of aromatic nitrogens is 1. The Hall–Kier alpha value is -2.57. The van der Waals surface area contributed by atoms with Gasteiger partial charge in [-0.05, 0) is 30.3 Å². The highest BCUT2D eigenvalue weighted by Crippen LogP contribution is 2.40. The van der Waals surface area contributed by atoms with Crippen LogP contribution in [0.4, 0.5) is 27.6 Å². The van der Waals surface area contributed by atoms with Crippen molar-refractivity contribution >= 4 is 55.7 Å². The third-order valence-corrected chi connectivity index (χ3v) is 7.70. The molecule has 0 N–H and O–H groups in total. The predicted molar refractivity (Wildman–Crippen MR) is 121 cm³/mol. The average molecular weight is 556 g/mol. The predicted octanol–water partition coefficient (Wildman–Crippen LogP) is 5.33. The molecule has 0 atom stereocenters. The summed E-state index contributed by atoms with van der Waals surface area (Å²) >= 11 is 12.1. The highest BCUT2D eigenvalue weighted by molar-refractivity contribution is 7.90. The molecule has 1 aliphatic heterocycles.